The van der Waals surface area contributed by atoms with Gasteiger partial charge in [0.15, 0.2) is 5.12 Å². The van der Waals surface area contributed by atoms with Crippen molar-refractivity contribution in [1.82, 2.24) is 14.9 Å². The van der Waals surface area contributed by atoms with Crippen LogP contribution in [0.5, 0.6) is 0 Å². The topological polar surface area (TPSA) is 66.1 Å². The summed E-state index contributed by atoms with van der Waals surface area (Å²) in [6.45, 7) is 3.08. The first kappa shape index (κ1) is 15.1. The van der Waals surface area contributed by atoms with E-state index < -0.39 is 0 Å². The molecule has 1 fully saturated rings. The van der Waals surface area contributed by atoms with Gasteiger partial charge in [0.1, 0.15) is 0 Å². The van der Waals surface area contributed by atoms with Gasteiger partial charge in [0.2, 0.25) is 5.91 Å². The fourth-order valence-electron chi connectivity index (χ4n) is 2.82. The first-order chi connectivity index (χ1) is 10.6. The maximum Gasteiger partial charge on any atom is 0.222 e. The number of carbonyl (C=O) groups is 2. The van der Waals surface area contributed by atoms with E-state index >= 15 is 0 Å². The van der Waals surface area contributed by atoms with E-state index in [0.29, 0.717) is 12.3 Å². The molecule has 1 aromatic carbocycles. The zero-order chi connectivity index (χ0) is 15.5. The van der Waals surface area contributed by atoms with Crippen molar-refractivity contribution in [2.75, 3.05) is 18.8 Å². The number of nitrogens with zero attached hydrogens (tertiary/aromatic N) is 2. The Kier molecular flexibility index (Phi) is 4.47. The van der Waals surface area contributed by atoms with Crippen LogP contribution in [0.2, 0.25) is 0 Å². The minimum atomic E-state index is 0.124. The normalized spacial score (nSPS) is 18.3. The van der Waals surface area contributed by atoms with Crippen molar-refractivity contribution in [2.24, 2.45) is 5.92 Å². The molecule has 3 rings (SSSR count). The van der Waals surface area contributed by atoms with E-state index in [1.807, 2.05) is 11.0 Å². The number of thioether (sulfide) groups is 1. The molecule has 1 amide bonds. The minimum absolute atomic E-state index is 0.124. The summed E-state index contributed by atoms with van der Waals surface area (Å²) in [7, 11) is 0. The van der Waals surface area contributed by atoms with E-state index in [0.717, 1.165) is 36.3 Å². The smallest absolute Gasteiger partial charge is 0.222 e. The van der Waals surface area contributed by atoms with Crippen molar-refractivity contribution in [1.29, 1.82) is 0 Å². The van der Waals surface area contributed by atoms with Gasteiger partial charge < -0.3 is 9.88 Å². The zero-order valence-corrected chi connectivity index (χ0v) is 13.4. The largest absolute Gasteiger partial charge is 0.345 e. The Morgan fingerprint density at radius 2 is 2.36 bits per heavy atom. The van der Waals surface area contributed by atoms with E-state index in [1.54, 1.807) is 13.3 Å². The van der Waals surface area contributed by atoms with Crippen LogP contribution in [-0.4, -0.2) is 44.7 Å². The van der Waals surface area contributed by atoms with Crippen LogP contribution in [-0.2, 0) is 16.0 Å². The first-order valence-electron chi connectivity index (χ1n) is 7.45. The van der Waals surface area contributed by atoms with Crippen molar-refractivity contribution >= 4 is 33.8 Å². The number of benzene rings is 1. The standard InChI is InChI=1S/C16H19N3O2S/c1-11(20)22-9-13-7-16(21)19(8-13)5-4-12-2-3-14-15(6-12)18-10-17-14/h2-3,6,10,13H,4-5,7-9H2,1H3,(H,17,18). The average Bonchev–Trinajstić information content (AvgIpc) is 3.08. The number of nitrogens with one attached hydrogen (secondary N) is 1. The molecular weight excluding hydrogens is 298 g/mol. The molecule has 1 aliphatic heterocycles. The summed E-state index contributed by atoms with van der Waals surface area (Å²) in [5.41, 5.74) is 3.19. The second-order valence-corrected chi connectivity index (χ2v) is 6.91. The molecule has 0 spiro atoms. The fraction of sp³-hybridized carbons (Fsp3) is 0.438. The maximum atomic E-state index is 12.0. The summed E-state index contributed by atoms with van der Waals surface area (Å²) in [5.74, 6) is 1.26. The number of amides is 1. The predicted octanol–water partition coefficient (Wildman–Crippen LogP) is 2.23. The third-order valence-corrected chi connectivity index (χ3v) is 5.02. The maximum absolute atomic E-state index is 12.0. The number of fused-ring (bicyclic) bond motifs is 1. The number of hydrogen-bond donors (Lipinski definition) is 1. The molecule has 22 heavy (non-hydrogen) atoms. The molecule has 2 heterocycles. The molecule has 116 valence electrons. The van der Waals surface area contributed by atoms with Crippen LogP contribution in [0.15, 0.2) is 24.5 Å². The van der Waals surface area contributed by atoms with E-state index in [2.05, 4.69) is 22.1 Å². The highest BCUT2D eigenvalue weighted by molar-refractivity contribution is 8.13. The van der Waals surface area contributed by atoms with Crippen LogP contribution in [0.3, 0.4) is 0 Å². The Balaban J connectivity index is 1.54. The molecule has 2 aromatic rings. The van der Waals surface area contributed by atoms with E-state index in [1.165, 1.54) is 17.3 Å². The molecule has 6 heteroatoms. The van der Waals surface area contributed by atoms with Gasteiger partial charge in [-0.05, 0) is 30.0 Å². The number of imidazole rings is 1. The van der Waals surface area contributed by atoms with Crippen LogP contribution in [0.1, 0.15) is 18.9 Å². The molecule has 0 saturated carbocycles. The number of likely N-dealkylation sites (tertiary alicyclic amines) is 1. The number of aromatic amines is 1. The third-order valence-electron chi connectivity index (χ3n) is 3.97. The van der Waals surface area contributed by atoms with Crippen molar-refractivity contribution in [3.63, 3.8) is 0 Å². The van der Waals surface area contributed by atoms with E-state index in [-0.39, 0.29) is 11.0 Å². The summed E-state index contributed by atoms with van der Waals surface area (Å²) < 4.78 is 0. The lowest BCUT2D eigenvalue weighted by atomic mass is 10.1. The Bertz CT molecular complexity index is 698. The molecule has 1 atom stereocenters. The first-order valence-corrected chi connectivity index (χ1v) is 8.43. The van der Waals surface area contributed by atoms with Crippen molar-refractivity contribution in [3.8, 4) is 0 Å². The summed E-state index contributed by atoms with van der Waals surface area (Å²) in [6.07, 6.45) is 3.10. The number of hydrogen-bond acceptors (Lipinski definition) is 4. The van der Waals surface area contributed by atoms with Gasteiger partial charge in [0.05, 0.1) is 17.4 Å². The van der Waals surface area contributed by atoms with Crippen LogP contribution < -0.4 is 0 Å². The number of H-pyrrole nitrogens is 1. The van der Waals surface area contributed by atoms with Crippen LogP contribution in [0.4, 0.5) is 0 Å². The monoisotopic (exact) mass is 317 g/mol. The quantitative estimate of drug-likeness (QED) is 0.918. The summed E-state index contributed by atoms with van der Waals surface area (Å²) in [5, 5.41) is 0.124. The second kappa shape index (κ2) is 6.52. The zero-order valence-electron chi connectivity index (χ0n) is 12.5. The van der Waals surface area contributed by atoms with Gasteiger partial charge in [-0.25, -0.2) is 4.98 Å². The number of carbonyl (C=O) groups excluding carboxylic acids is 2. The summed E-state index contributed by atoms with van der Waals surface area (Å²) in [4.78, 5) is 32.3. The van der Waals surface area contributed by atoms with Gasteiger partial charge in [-0.3, -0.25) is 9.59 Å². The Morgan fingerprint density at radius 3 is 3.18 bits per heavy atom. The molecule has 0 radical (unpaired) electrons. The third kappa shape index (κ3) is 3.50. The van der Waals surface area contributed by atoms with Crippen LogP contribution in [0, 0.1) is 5.92 Å². The molecule has 5 nitrogen and oxygen atoms in total. The number of aromatic nitrogens is 2. The molecule has 0 aliphatic carbocycles. The summed E-state index contributed by atoms with van der Waals surface area (Å²) >= 11 is 1.32. The van der Waals surface area contributed by atoms with Gasteiger partial charge >= 0.3 is 0 Å². The highest BCUT2D eigenvalue weighted by Gasteiger charge is 2.29. The highest BCUT2D eigenvalue weighted by Crippen LogP contribution is 2.22. The van der Waals surface area contributed by atoms with Crippen LogP contribution >= 0.6 is 11.8 Å². The van der Waals surface area contributed by atoms with Crippen molar-refractivity contribution in [2.45, 2.75) is 19.8 Å². The molecule has 1 N–H and O–H groups in total. The fourth-order valence-corrected chi connectivity index (χ4v) is 3.51. The van der Waals surface area contributed by atoms with Gasteiger partial charge in [-0.1, -0.05) is 17.8 Å². The SMILES string of the molecule is CC(=O)SCC1CC(=O)N(CCc2ccc3nc[nH]c3c2)C1. The molecular formula is C16H19N3O2S. The highest BCUT2D eigenvalue weighted by atomic mass is 32.2. The Labute approximate surface area is 133 Å². The van der Waals surface area contributed by atoms with Crippen LogP contribution in [0.25, 0.3) is 11.0 Å². The lowest BCUT2D eigenvalue weighted by Crippen LogP contribution is -2.27. The van der Waals surface area contributed by atoms with Crippen molar-refractivity contribution in [3.05, 3.63) is 30.1 Å². The minimum Gasteiger partial charge on any atom is -0.345 e. The molecule has 1 aliphatic rings. The van der Waals surface area contributed by atoms with Crippen molar-refractivity contribution < 1.29 is 9.59 Å². The van der Waals surface area contributed by atoms with Gasteiger partial charge in [0.25, 0.3) is 0 Å². The predicted molar refractivity (Wildman–Crippen MR) is 87.6 cm³/mol. The summed E-state index contributed by atoms with van der Waals surface area (Å²) in [6, 6.07) is 6.15. The average molecular weight is 317 g/mol. The molecule has 1 unspecified atom stereocenters. The lowest BCUT2D eigenvalue weighted by Gasteiger charge is -2.16. The molecule has 0 bridgehead atoms. The lowest BCUT2D eigenvalue weighted by molar-refractivity contribution is -0.127. The van der Waals surface area contributed by atoms with Gasteiger partial charge in [-0.2, -0.15) is 0 Å². The Hall–Kier alpha value is -1.82. The molecule has 1 aromatic heterocycles. The van der Waals surface area contributed by atoms with E-state index in [4.69, 9.17) is 0 Å². The Morgan fingerprint density at radius 1 is 1.50 bits per heavy atom. The van der Waals surface area contributed by atoms with E-state index in [9.17, 15) is 9.59 Å². The second-order valence-electron chi connectivity index (χ2n) is 5.72. The molecule has 1 saturated heterocycles. The van der Waals surface area contributed by atoms with Gasteiger partial charge in [0, 0.05) is 32.2 Å². The van der Waals surface area contributed by atoms with Gasteiger partial charge in [-0.15, -0.1) is 0 Å². The number of rotatable bonds is 5.